The van der Waals surface area contributed by atoms with Gasteiger partial charge in [0, 0.05) is 27.1 Å². The lowest BCUT2D eigenvalue weighted by Gasteiger charge is -2.42. The molecule has 1 aliphatic carbocycles. The average molecular weight is 443 g/mol. The Kier molecular flexibility index (Phi) is 8.79. The Hall–Kier alpha value is -1.78. The second-order valence-corrected chi connectivity index (χ2v) is 8.59. The van der Waals surface area contributed by atoms with Gasteiger partial charge in [0.1, 0.15) is 6.61 Å². The van der Waals surface area contributed by atoms with E-state index in [1.165, 1.54) is 14.2 Å². The zero-order chi connectivity index (χ0) is 23.3. The number of esters is 2. The summed E-state index contributed by atoms with van der Waals surface area (Å²) < 4.78 is 27.3. The fourth-order valence-electron chi connectivity index (χ4n) is 3.76. The Morgan fingerprint density at radius 2 is 1.74 bits per heavy atom. The molecule has 4 atom stereocenters. The van der Waals surface area contributed by atoms with E-state index in [-0.39, 0.29) is 43.5 Å². The summed E-state index contributed by atoms with van der Waals surface area (Å²) in [6.07, 6.45) is 0.136. The summed E-state index contributed by atoms with van der Waals surface area (Å²) in [4.78, 5) is 24.4. The van der Waals surface area contributed by atoms with Crippen LogP contribution < -0.4 is 0 Å². The first-order chi connectivity index (χ1) is 14.6. The topological polar surface area (TPSA) is 121 Å². The maximum absolute atomic E-state index is 12.3. The minimum absolute atomic E-state index is 0.0616. The second kappa shape index (κ2) is 10.7. The average Bonchev–Trinajstić information content (AvgIpc) is 3.05. The lowest BCUT2D eigenvalue weighted by Crippen LogP contribution is -2.52. The van der Waals surface area contributed by atoms with Crippen molar-refractivity contribution in [3.05, 3.63) is 22.8 Å². The molecule has 31 heavy (non-hydrogen) atoms. The molecule has 0 amide bonds. The molecule has 0 aromatic carbocycles. The highest BCUT2D eigenvalue weighted by Gasteiger charge is 2.54. The van der Waals surface area contributed by atoms with E-state index in [0.717, 1.165) is 0 Å². The maximum atomic E-state index is 12.3. The first kappa shape index (κ1) is 25.5. The van der Waals surface area contributed by atoms with Crippen molar-refractivity contribution in [3.8, 4) is 0 Å². The molecule has 0 saturated heterocycles. The van der Waals surface area contributed by atoms with E-state index >= 15 is 0 Å². The van der Waals surface area contributed by atoms with Crippen LogP contribution in [0.15, 0.2) is 22.8 Å². The van der Waals surface area contributed by atoms with Crippen LogP contribution >= 0.6 is 0 Å². The van der Waals surface area contributed by atoms with Crippen molar-refractivity contribution in [2.75, 3.05) is 27.4 Å². The first-order valence-corrected chi connectivity index (χ1v) is 10.4. The molecule has 0 bridgehead atoms. The van der Waals surface area contributed by atoms with Crippen LogP contribution in [0.25, 0.3) is 0 Å². The number of fused-ring (bicyclic) bond motifs is 1. The summed E-state index contributed by atoms with van der Waals surface area (Å²) in [7, 11) is 2.69. The molecule has 0 saturated carbocycles. The smallest absolute Gasteiger partial charge is 0.311 e. The van der Waals surface area contributed by atoms with Crippen LogP contribution in [0.4, 0.5) is 0 Å². The van der Waals surface area contributed by atoms with Crippen molar-refractivity contribution in [1.29, 1.82) is 0 Å². The van der Waals surface area contributed by atoms with Crippen LogP contribution in [0.5, 0.6) is 0 Å². The number of aliphatic hydroxyl groups excluding tert-OH is 1. The van der Waals surface area contributed by atoms with Crippen molar-refractivity contribution in [1.82, 2.24) is 0 Å². The lowest BCUT2D eigenvalue weighted by molar-refractivity contribution is -0.383. The van der Waals surface area contributed by atoms with E-state index in [1.807, 2.05) is 27.7 Å². The van der Waals surface area contributed by atoms with Gasteiger partial charge in [0.05, 0.1) is 24.2 Å². The Labute approximate surface area is 182 Å². The van der Waals surface area contributed by atoms with E-state index in [9.17, 15) is 19.8 Å². The number of methoxy groups -OCH3 is 2. The normalized spacial score (nSPS) is 28.1. The number of aliphatic hydroxyl groups is 2. The summed E-state index contributed by atoms with van der Waals surface area (Å²) in [5.74, 6) is -3.80. The molecule has 0 aromatic heterocycles. The molecule has 0 radical (unpaired) electrons. The third kappa shape index (κ3) is 5.93. The van der Waals surface area contributed by atoms with Crippen molar-refractivity contribution >= 4 is 11.9 Å². The maximum Gasteiger partial charge on any atom is 0.311 e. The highest BCUT2D eigenvalue weighted by atomic mass is 16.9. The second-order valence-electron chi connectivity index (χ2n) is 8.59. The van der Waals surface area contributed by atoms with Gasteiger partial charge in [-0.1, -0.05) is 27.7 Å². The predicted molar refractivity (Wildman–Crippen MR) is 109 cm³/mol. The molecular formula is C22H34O9. The Morgan fingerprint density at radius 3 is 2.26 bits per heavy atom. The monoisotopic (exact) mass is 442 g/mol. The molecule has 0 aromatic rings. The Bertz CT molecular complexity index is 724. The molecule has 2 rings (SSSR count). The minimum Gasteiger partial charge on any atom is -0.461 e. The van der Waals surface area contributed by atoms with Crippen molar-refractivity contribution in [2.45, 2.75) is 58.9 Å². The zero-order valence-electron chi connectivity index (χ0n) is 19.0. The Morgan fingerprint density at radius 1 is 1.13 bits per heavy atom. The van der Waals surface area contributed by atoms with Gasteiger partial charge >= 0.3 is 17.9 Å². The fraction of sp³-hybridized carbons (Fsp3) is 0.727. The summed E-state index contributed by atoms with van der Waals surface area (Å²) in [6, 6.07) is 0. The minimum atomic E-state index is -2.30. The third-order valence-electron chi connectivity index (χ3n) is 5.17. The van der Waals surface area contributed by atoms with Crippen molar-refractivity contribution < 1.29 is 43.5 Å². The highest BCUT2D eigenvalue weighted by molar-refractivity contribution is 5.70. The van der Waals surface area contributed by atoms with E-state index < -0.39 is 36.2 Å². The van der Waals surface area contributed by atoms with E-state index in [2.05, 4.69) is 0 Å². The summed E-state index contributed by atoms with van der Waals surface area (Å²) in [5, 5.41) is 21.0. The molecular weight excluding hydrogens is 408 g/mol. The van der Waals surface area contributed by atoms with E-state index in [0.29, 0.717) is 11.1 Å². The van der Waals surface area contributed by atoms with Crippen molar-refractivity contribution in [3.63, 3.8) is 0 Å². The zero-order valence-corrected chi connectivity index (χ0v) is 19.0. The molecule has 2 N–H and O–H groups in total. The molecule has 0 spiro atoms. The third-order valence-corrected chi connectivity index (χ3v) is 5.17. The number of hydrogen-bond donors (Lipinski definition) is 2. The number of ether oxygens (including phenoxy) is 5. The molecule has 0 fully saturated rings. The van der Waals surface area contributed by atoms with Crippen LogP contribution in [0, 0.1) is 17.8 Å². The number of carbonyl (C=O) groups excluding carboxylic acids is 2. The summed E-state index contributed by atoms with van der Waals surface area (Å²) >= 11 is 0. The van der Waals surface area contributed by atoms with Gasteiger partial charge in [-0.05, 0) is 29.1 Å². The predicted octanol–water partition coefficient (Wildman–Crippen LogP) is 1.67. The lowest BCUT2D eigenvalue weighted by atomic mass is 9.87. The highest BCUT2D eigenvalue weighted by Crippen LogP contribution is 2.47. The summed E-state index contributed by atoms with van der Waals surface area (Å²) in [6.45, 7) is 6.89. The molecule has 1 heterocycles. The Balaban J connectivity index is 2.43. The van der Waals surface area contributed by atoms with Crippen LogP contribution in [-0.2, 0) is 33.3 Å². The molecule has 9 heteroatoms. The van der Waals surface area contributed by atoms with Gasteiger partial charge in [0.25, 0.3) is 0 Å². The van der Waals surface area contributed by atoms with Gasteiger partial charge in [0.15, 0.2) is 0 Å². The number of rotatable bonds is 10. The van der Waals surface area contributed by atoms with Crippen LogP contribution in [0.1, 0.15) is 40.5 Å². The van der Waals surface area contributed by atoms with Gasteiger partial charge < -0.3 is 29.2 Å². The standard InChI is InChI=1S/C22H34O9/c1-12(2)7-17(24)29-11-15-20-16(27-5)9-14(10-23)19(20)21(31-22(15,26)28-6)30-18(25)8-13(3)4/h9,12-13,16,19,21,23,26H,7-8,10-11H2,1-6H3. The fourth-order valence-corrected chi connectivity index (χ4v) is 3.76. The number of carbonyl (C=O) groups is 2. The molecule has 2 aliphatic rings. The van der Waals surface area contributed by atoms with E-state index in [1.54, 1.807) is 6.08 Å². The number of hydrogen-bond acceptors (Lipinski definition) is 9. The molecule has 1 aliphatic heterocycles. The first-order valence-electron chi connectivity index (χ1n) is 10.4. The van der Waals surface area contributed by atoms with Crippen molar-refractivity contribution in [2.24, 2.45) is 17.8 Å². The molecule has 9 nitrogen and oxygen atoms in total. The van der Waals surface area contributed by atoms with Crippen LogP contribution in [-0.4, -0.2) is 68.0 Å². The molecule has 176 valence electrons. The quantitative estimate of drug-likeness (QED) is 0.296. The van der Waals surface area contributed by atoms with Gasteiger partial charge in [-0.2, -0.15) is 0 Å². The van der Waals surface area contributed by atoms with Gasteiger partial charge in [-0.25, -0.2) is 0 Å². The SMILES string of the molecule is COC1C=C(CO)C2C1=C(COC(=O)CC(C)C)C(O)(OC)OC2OC(=O)CC(C)C. The van der Waals surface area contributed by atoms with Crippen LogP contribution in [0.2, 0.25) is 0 Å². The van der Waals surface area contributed by atoms with Gasteiger partial charge in [0.2, 0.25) is 6.29 Å². The van der Waals surface area contributed by atoms with Gasteiger partial charge in [-0.3, -0.25) is 14.3 Å². The van der Waals surface area contributed by atoms with E-state index in [4.69, 9.17) is 23.7 Å². The van der Waals surface area contributed by atoms with Crippen LogP contribution in [0.3, 0.4) is 0 Å². The summed E-state index contributed by atoms with van der Waals surface area (Å²) in [5.41, 5.74) is 1.12. The van der Waals surface area contributed by atoms with Gasteiger partial charge in [-0.15, -0.1) is 0 Å². The largest absolute Gasteiger partial charge is 0.461 e. The molecule has 4 unspecified atom stereocenters.